The number of nitro groups is 1. The topological polar surface area (TPSA) is 106 Å². The number of non-ortho nitro benzene ring substituents is 1. The molecule has 31 heavy (non-hydrogen) atoms. The number of carbonyl (C=O) groups excluding carboxylic acids is 2. The van der Waals surface area contributed by atoms with Crippen molar-refractivity contribution >= 4 is 28.9 Å². The molecule has 0 bridgehead atoms. The number of aromatic nitrogens is 1. The molecule has 2 fully saturated rings. The lowest BCUT2D eigenvalue weighted by Gasteiger charge is -2.28. The van der Waals surface area contributed by atoms with E-state index in [1.54, 1.807) is 23.5 Å². The second-order valence-corrected chi connectivity index (χ2v) is 7.23. The lowest BCUT2D eigenvalue weighted by atomic mass is 9.91. The number of hydroxylamine groups is 1. The van der Waals surface area contributed by atoms with Crippen LogP contribution in [0.15, 0.2) is 79.1 Å². The molecule has 5 rings (SSSR count). The zero-order valence-corrected chi connectivity index (χ0v) is 16.1. The number of benzene rings is 2. The number of nitro benzene ring substituents is 1. The Morgan fingerprint density at radius 1 is 0.903 bits per heavy atom. The summed E-state index contributed by atoms with van der Waals surface area (Å²) in [6.45, 7) is 0. The largest absolute Gasteiger partial charge is 0.273 e. The van der Waals surface area contributed by atoms with Crippen LogP contribution in [-0.2, 0) is 14.4 Å². The van der Waals surface area contributed by atoms with Gasteiger partial charge in [-0.2, -0.15) is 0 Å². The highest BCUT2D eigenvalue weighted by Gasteiger charge is 2.60. The van der Waals surface area contributed by atoms with E-state index in [1.165, 1.54) is 24.3 Å². The van der Waals surface area contributed by atoms with Gasteiger partial charge in [-0.25, -0.2) is 9.96 Å². The monoisotopic (exact) mass is 416 g/mol. The summed E-state index contributed by atoms with van der Waals surface area (Å²) in [6.07, 6.45) is 2.28. The maximum absolute atomic E-state index is 13.4. The molecular weight excluding hydrogens is 400 g/mol. The highest BCUT2D eigenvalue weighted by atomic mass is 16.7. The fourth-order valence-electron chi connectivity index (χ4n) is 4.08. The molecule has 0 radical (unpaired) electrons. The fraction of sp³-hybridized carbons (Fsp3) is 0.136. The van der Waals surface area contributed by atoms with Gasteiger partial charge in [-0.05, 0) is 35.9 Å². The van der Waals surface area contributed by atoms with E-state index in [0.29, 0.717) is 5.69 Å². The third-order valence-corrected chi connectivity index (χ3v) is 5.47. The molecule has 1 aromatic heterocycles. The van der Waals surface area contributed by atoms with Gasteiger partial charge in [0.25, 0.3) is 11.6 Å². The van der Waals surface area contributed by atoms with Crippen molar-refractivity contribution in [2.75, 3.05) is 9.96 Å². The van der Waals surface area contributed by atoms with E-state index in [-0.39, 0.29) is 11.4 Å². The predicted octanol–water partition coefficient (Wildman–Crippen LogP) is 3.04. The molecular formula is C22H16N4O5. The molecule has 0 unspecified atom stereocenters. The quantitative estimate of drug-likeness (QED) is 0.366. The molecule has 2 aliphatic rings. The number of anilines is 2. The number of imide groups is 1. The number of nitrogens with zero attached hydrogens (tertiary/aromatic N) is 4. The van der Waals surface area contributed by atoms with Crippen LogP contribution in [0.5, 0.6) is 0 Å². The van der Waals surface area contributed by atoms with Gasteiger partial charge >= 0.3 is 0 Å². The van der Waals surface area contributed by atoms with E-state index < -0.39 is 34.8 Å². The van der Waals surface area contributed by atoms with E-state index in [0.717, 1.165) is 10.5 Å². The smallest absolute Gasteiger partial charge is 0.269 e. The highest BCUT2D eigenvalue weighted by Crippen LogP contribution is 2.47. The zero-order valence-electron chi connectivity index (χ0n) is 16.1. The minimum Gasteiger partial charge on any atom is -0.273 e. The van der Waals surface area contributed by atoms with Crippen LogP contribution in [0, 0.1) is 16.0 Å². The molecule has 154 valence electrons. The summed E-state index contributed by atoms with van der Waals surface area (Å²) in [5, 5.41) is 12.5. The second kappa shape index (κ2) is 7.29. The molecule has 0 aliphatic carbocycles. The van der Waals surface area contributed by atoms with E-state index >= 15 is 0 Å². The highest BCUT2D eigenvalue weighted by molar-refractivity contribution is 6.23. The molecule has 0 N–H and O–H groups in total. The first kappa shape index (κ1) is 18.9. The minimum absolute atomic E-state index is 0.122. The van der Waals surface area contributed by atoms with Crippen molar-refractivity contribution in [1.29, 1.82) is 0 Å². The number of fused-ring (bicyclic) bond motifs is 1. The lowest BCUT2D eigenvalue weighted by molar-refractivity contribution is -0.384. The van der Waals surface area contributed by atoms with E-state index in [2.05, 4.69) is 4.98 Å². The summed E-state index contributed by atoms with van der Waals surface area (Å²) in [5.74, 6) is -1.71. The third-order valence-electron chi connectivity index (χ3n) is 5.47. The zero-order chi connectivity index (χ0) is 21.5. The summed E-state index contributed by atoms with van der Waals surface area (Å²) < 4.78 is 0. The van der Waals surface area contributed by atoms with Gasteiger partial charge in [-0.15, -0.1) is 0 Å². The predicted molar refractivity (Wildman–Crippen MR) is 110 cm³/mol. The lowest BCUT2D eigenvalue weighted by Crippen LogP contribution is -2.37. The van der Waals surface area contributed by atoms with Crippen LogP contribution in [0.25, 0.3) is 0 Å². The Bertz CT molecular complexity index is 1150. The van der Waals surface area contributed by atoms with Crippen molar-refractivity contribution in [3.8, 4) is 0 Å². The SMILES string of the molecule is O=C1[C@H]2[C@@H](ON(c3ccccc3)[C@H]2c2cccnc2)C(=O)N1c1ccc([N+](=O)[O-])cc1. The summed E-state index contributed by atoms with van der Waals surface area (Å²) in [7, 11) is 0. The normalized spacial score (nSPS) is 22.6. The van der Waals surface area contributed by atoms with Gasteiger partial charge in [0.05, 0.1) is 22.3 Å². The summed E-state index contributed by atoms with van der Waals surface area (Å²) in [6, 6.07) is 17.6. The number of hydrogen-bond donors (Lipinski definition) is 0. The molecule has 3 aromatic rings. The first-order chi connectivity index (χ1) is 15.1. The average molecular weight is 416 g/mol. The number of para-hydroxylation sites is 1. The van der Waals surface area contributed by atoms with Crippen molar-refractivity contribution in [3.05, 3.63) is 94.8 Å². The number of hydrogen-bond acceptors (Lipinski definition) is 7. The van der Waals surface area contributed by atoms with Gasteiger partial charge < -0.3 is 0 Å². The van der Waals surface area contributed by atoms with Gasteiger partial charge in [0.2, 0.25) is 5.91 Å². The second-order valence-electron chi connectivity index (χ2n) is 7.23. The standard InChI is InChI=1S/C22H16N4O5/c27-21-18-19(14-5-4-12-23-13-14)25(16-6-2-1-3-7-16)31-20(18)22(28)24(21)15-8-10-17(11-9-15)26(29)30/h1-13,18-20H/t18-,19+,20-/m1/s1. The third kappa shape index (κ3) is 3.03. The summed E-state index contributed by atoms with van der Waals surface area (Å²) in [5.41, 5.74) is 1.61. The van der Waals surface area contributed by atoms with Crippen LogP contribution in [-0.4, -0.2) is 27.8 Å². The van der Waals surface area contributed by atoms with Crippen LogP contribution >= 0.6 is 0 Å². The fourth-order valence-corrected chi connectivity index (χ4v) is 4.08. The Hall–Kier alpha value is -4.11. The van der Waals surface area contributed by atoms with E-state index in [9.17, 15) is 19.7 Å². The molecule has 2 aromatic carbocycles. The molecule has 3 atom stereocenters. The van der Waals surface area contributed by atoms with Gasteiger partial charge in [0.1, 0.15) is 5.92 Å². The molecule has 2 amide bonds. The molecule has 2 aliphatic heterocycles. The van der Waals surface area contributed by atoms with Crippen LogP contribution < -0.4 is 9.96 Å². The van der Waals surface area contributed by atoms with Crippen molar-refractivity contribution < 1.29 is 19.3 Å². The molecule has 3 heterocycles. The van der Waals surface area contributed by atoms with Gasteiger partial charge in [-0.3, -0.25) is 29.5 Å². The van der Waals surface area contributed by atoms with Crippen LogP contribution in [0.3, 0.4) is 0 Å². The van der Waals surface area contributed by atoms with Gasteiger partial charge in [0.15, 0.2) is 6.10 Å². The van der Waals surface area contributed by atoms with E-state index in [1.807, 2.05) is 36.4 Å². The van der Waals surface area contributed by atoms with Crippen molar-refractivity contribution in [2.45, 2.75) is 12.1 Å². The number of pyridine rings is 1. The number of amides is 2. The van der Waals surface area contributed by atoms with Crippen molar-refractivity contribution in [3.63, 3.8) is 0 Å². The van der Waals surface area contributed by atoms with E-state index in [4.69, 9.17) is 4.84 Å². The molecule has 0 spiro atoms. The molecule has 2 saturated heterocycles. The van der Waals surface area contributed by atoms with Gasteiger partial charge in [-0.1, -0.05) is 24.3 Å². The Labute approximate surface area is 176 Å². The maximum atomic E-state index is 13.4. The summed E-state index contributed by atoms with van der Waals surface area (Å²) >= 11 is 0. The Morgan fingerprint density at radius 3 is 2.29 bits per heavy atom. The molecule has 9 heteroatoms. The number of carbonyl (C=O) groups is 2. The average Bonchev–Trinajstić information content (AvgIpc) is 3.31. The minimum atomic E-state index is -1.01. The summed E-state index contributed by atoms with van der Waals surface area (Å²) in [4.78, 5) is 48.2. The first-order valence-electron chi connectivity index (χ1n) is 9.59. The Balaban J connectivity index is 1.54. The Morgan fingerprint density at radius 2 is 1.65 bits per heavy atom. The molecule has 9 nitrogen and oxygen atoms in total. The maximum Gasteiger partial charge on any atom is 0.269 e. The number of rotatable bonds is 4. The van der Waals surface area contributed by atoms with Crippen LogP contribution in [0.1, 0.15) is 11.6 Å². The van der Waals surface area contributed by atoms with Crippen LogP contribution in [0.4, 0.5) is 17.1 Å². The molecule has 0 saturated carbocycles. The van der Waals surface area contributed by atoms with Crippen LogP contribution in [0.2, 0.25) is 0 Å². The van der Waals surface area contributed by atoms with Crippen molar-refractivity contribution in [1.82, 2.24) is 4.98 Å². The van der Waals surface area contributed by atoms with Gasteiger partial charge in [0, 0.05) is 24.5 Å². The Kier molecular flexibility index (Phi) is 4.45. The first-order valence-corrected chi connectivity index (χ1v) is 9.59. The van der Waals surface area contributed by atoms with Crippen molar-refractivity contribution in [2.24, 2.45) is 5.92 Å².